The first-order valence-corrected chi connectivity index (χ1v) is 9.88. The molecule has 2 N–H and O–H groups in total. The number of nitrogens with one attached hydrogen (secondary N) is 1. The van der Waals surface area contributed by atoms with Gasteiger partial charge in [0.1, 0.15) is 10.9 Å². The van der Waals surface area contributed by atoms with Crippen LogP contribution in [0.15, 0.2) is 40.6 Å². The second-order valence-corrected chi connectivity index (χ2v) is 8.34. The van der Waals surface area contributed by atoms with Crippen LogP contribution in [0.3, 0.4) is 0 Å². The van der Waals surface area contributed by atoms with Crippen molar-refractivity contribution in [1.29, 1.82) is 0 Å². The van der Waals surface area contributed by atoms with Crippen molar-refractivity contribution in [1.82, 2.24) is 4.90 Å². The van der Waals surface area contributed by atoms with Gasteiger partial charge in [-0.1, -0.05) is 36.1 Å². The van der Waals surface area contributed by atoms with Crippen LogP contribution in [-0.4, -0.2) is 38.7 Å². The number of nitrogens with zero attached hydrogens (tertiary/aromatic N) is 1. The lowest BCUT2D eigenvalue weighted by molar-refractivity contribution is -0.126. The molecule has 1 aromatic heterocycles. The fourth-order valence-corrected chi connectivity index (χ4v) is 4.40. The van der Waals surface area contributed by atoms with Crippen LogP contribution in [0, 0.1) is 6.92 Å². The summed E-state index contributed by atoms with van der Waals surface area (Å²) in [6.07, 6.45) is 1.74. The number of thiophene rings is 1. The molecule has 0 spiro atoms. The molecule has 0 aliphatic carbocycles. The molecular weight excluding hydrogens is 404 g/mol. The molecule has 1 fully saturated rings. The monoisotopic (exact) mass is 418 g/mol. The Balaban J connectivity index is 1.73. The van der Waals surface area contributed by atoms with Crippen molar-refractivity contribution in [2.24, 2.45) is 0 Å². The third kappa shape index (κ3) is 4.44. The molecule has 0 radical (unpaired) electrons. The zero-order valence-electron chi connectivity index (χ0n) is 14.1. The van der Waals surface area contributed by atoms with Crippen molar-refractivity contribution in [3.8, 4) is 0 Å². The molecule has 1 aliphatic heterocycles. The third-order valence-corrected chi connectivity index (χ3v) is 5.87. The maximum atomic E-state index is 12.5. The third-order valence-electron chi connectivity index (χ3n) is 3.67. The number of thiocarbonyl (C=S) groups is 1. The number of carboxylic acid groups (broad SMARTS) is 1. The normalized spacial score (nSPS) is 15.4. The van der Waals surface area contributed by atoms with E-state index < -0.39 is 11.9 Å². The van der Waals surface area contributed by atoms with Crippen LogP contribution in [0.4, 0.5) is 5.69 Å². The molecule has 2 amide bonds. The summed E-state index contributed by atoms with van der Waals surface area (Å²) in [5, 5.41) is 13.7. The summed E-state index contributed by atoms with van der Waals surface area (Å²) >= 11 is 7.86. The number of anilines is 1. The molecule has 1 aromatic carbocycles. The van der Waals surface area contributed by atoms with Crippen molar-refractivity contribution >= 4 is 69.2 Å². The van der Waals surface area contributed by atoms with Gasteiger partial charge in [-0.05, 0) is 42.1 Å². The van der Waals surface area contributed by atoms with E-state index in [4.69, 9.17) is 12.2 Å². The summed E-state index contributed by atoms with van der Waals surface area (Å²) in [4.78, 5) is 38.8. The quantitative estimate of drug-likeness (QED) is 0.570. The molecule has 0 saturated carbocycles. The van der Waals surface area contributed by atoms with E-state index in [0.717, 1.165) is 22.2 Å². The Morgan fingerprint density at radius 2 is 2.11 bits per heavy atom. The number of hydrogen-bond acceptors (Lipinski definition) is 6. The topological polar surface area (TPSA) is 86.7 Å². The van der Waals surface area contributed by atoms with E-state index in [-0.39, 0.29) is 23.7 Å². The van der Waals surface area contributed by atoms with Crippen molar-refractivity contribution in [3.63, 3.8) is 0 Å². The highest BCUT2D eigenvalue weighted by Crippen LogP contribution is 2.33. The maximum Gasteiger partial charge on any atom is 0.337 e. The van der Waals surface area contributed by atoms with Crippen LogP contribution in [0.5, 0.6) is 0 Å². The first-order chi connectivity index (χ1) is 12.8. The van der Waals surface area contributed by atoms with Gasteiger partial charge >= 0.3 is 5.97 Å². The minimum Gasteiger partial charge on any atom is -0.478 e. The predicted molar refractivity (Wildman–Crippen MR) is 111 cm³/mol. The molecular formula is C18H14N2O4S3. The van der Waals surface area contributed by atoms with E-state index in [1.54, 1.807) is 25.1 Å². The average molecular weight is 419 g/mol. The van der Waals surface area contributed by atoms with Crippen molar-refractivity contribution < 1.29 is 19.5 Å². The smallest absolute Gasteiger partial charge is 0.337 e. The van der Waals surface area contributed by atoms with E-state index >= 15 is 0 Å². The molecule has 0 bridgehead atoms. The van der Waals surface area contributed by atoms with Gasteiger partial charge in [0.2, 0.25) is 5.91 Å². The van der Waals surface area contributed by atoms with E-state index in [2.05, 4.69) is 5.32 Å². The second kappa shape index (κ2) is 8.03. The van der Waals surface area contributed by atoms with Crippen LogP contribution in [-0.2, 0) is 9.59 Å². The number of benzene rings is 1. The molecule has 3 rings (SSSR count). The Labute approximate surface area is 168 Å². The fourth-order valence-electron chi connectivity index (χ4n) is 2.42. The molecule has 0 unspecified atom stereocenters. The van der Waals surface area contributed by atoms with Crippen LogP contribution in [0.25, 0.3) is 6.08 Å². The molecule has 27 heavy (non-hydrogen) atoms. The van der Waals surface area contributed by atoms with Crippen LogP contribution in [0.2, 0.25) is 0 Å². The minimum absolute atomic E-state index is 0.0167. The predicted octanol–water partition coefficient (Wildman–Crippen LogP) is 3.59. The standard InChI is InChI=1S/C18H14N2O4S3/c1-10-4-5-12(17(23)24)13(7-10)19-15(21)9-20-16(22)14(27-18(20)25)8-11-3-2-6-26-11/h2-8H,9H2,1H3,(H,19,21)(H,23,24)/b14-8-. The van der Waals surface area contributed by atoms with Crippen LogP contribution < -0.4 is 5.32 Å². The van der Waals surface area contributed by atoms with E-state index in [1.807, 2.05) is 17.5 Å². The summed E-state index contributed by atoms with van der Waals surface area (Å²) in [6, 6.07) is 8.41. The summed E-state index contributed by atoms with van der Waals surface area (Å²) in [6.45, 7) is 1.51. The lowest BCUT2D eigenvalue weighted by Gasteiger charge is -2.15. The highest BCUT2D eigenvalue weighted by atomic mass is 32.2. The van der Waals surface area contributed by atoms with Gasteiger partial charge in [-0.3, -0.25) is 14.5 Å². The lowest BCUT2D eigenvalue weighted by atomic mass is 10.1. The highest BCUT2D eigenvalue weighted by molar-refractivity contribution is 8.26. The number of aromatic carboxylic acids is 1. The van der Waals surface area contributed by atoms with Gasteiger partial charge in [0.15, 0.2) is 0 Å². The second-order valence-electron chi connectivity index (χ2n) is 5.69. The summed E-state index contributed by atoms with van der Waals surface area (Å²) in [5.41, 5.74) is 0.976. The molecule has 2 aromatic rings. The van der Waals surface area contributed by atoms with Crippen molar-refractivity contribution in [3.05, 3.63) is 56.6 Å². The van der Waals surface area contributed by atoms with Gasteiger partial charge in [-0.2, -0.15) is 0 Å². The van der Waals surface area contributed by atoms with Gasteiger partial charge in [0.05, 0.1) is 16.2 Å². The fraction of sp³-hybridized carbons (Fsp3) is 0.111. The summed E-state index contributed by atoms with van der Waals surface area (Å²) < 4.78 is 0.292. The first kappa shape index (κ1) is 19.3. The van der Waals surface area contributed by atoms with E-state index in [9.17, 15) is 19.5 Å². The Morgan fingerprint density at radius 3 is 2.78 bits per heavy atom. The molecule has 1 aliphatic rings. The Morgan fingerprint density at radius 1 is 1.33 bits per heavy atom. The number of carbonyl (C=O) groups is 3. The summed E-state index contributed by atoms with van der Waals surface area (Å²) in [5.74, 6) is -2.00. The number of amides is 2. The number of carboxylic acids is 1. The zero-order valence-corrected chi connectivity index (χ0v) is 16.5. The number of carbonyl (C=O) groups excluding carboxylic acids is 2. The highest BCUT2D eigenvalue weighted by Gasteiger charge is 2.33. The van der Waals surface area contributed by atoms with E-state index in [0.29, 0.717) is 9.23 Å². The van der Waals surface area contributed by atoms with E-state index in [1.165, 1.54) is 22.3 Å². The van der Waals surface area contributed by atoms with Gasteiger partial charge in [0, 0.05) is 4.88 Å². The van der Waals surface area contributed by atoms with Gasteiger partial charge in [0.25, 0.3) is 5.91 Å². The molecule has 138 valence electrons. The number of aryl methyl sites for hydroxylation is 1. The molecule has 2 heterocycles. The number of hydrogen-bond donors (Lipinski definition) is 2. The molecule has 6 nitrogen and oxygen atoms in total. The Bertz CT molecular complexity index is 967. The lowest BCUT2D eigenvalue weighted by Crippen LogP contribution is -2.36. The Hall–Kier alpha value is -2.49. The number of rotatable bonds is 5. The zero-order chi connectivity index (χ0) is 19.6. The van der Waals surface area contributed by atoms with Crippen LogP contribution in [0.1, 0.15) is 20.8 Å². The molecule has 1 saturated heterocycles. The Kier molecular flexibility index (Phi) is 5.73. The first-order valence-electron chi connectivity index (χ1n) is 7.78. The minimum atomic E-state index is -1.14. The maximum absolute atomic E-state index is 12.5. The molecule has 9 heteroatoms. The largest absolute Gasteiger partial charge is 0.478 e. The van der Waals surface area contributed by atoms with Crippen LogP contribution >= 0.6 is 35.3 Å². The average Bonchev–Trinajstić information content (AvgIpc) is 3.19. The summed E-state index contributed by atoms with van der Waals surface area (Å²) in [7, 11) is 0. The molecule has 0 atom stereocenters. The van der Waals surface area contributed by atoms with Crippen molar-refractivity contribution in [2.45, 2.75) is 6.92 Å². The van der Waals surface area contributed by atoms with Gasteiger partial charge in [-0.15, -0.1) is 11.3 Å². The van der Waals surface area contributed by atoms with Crippen molar-refractivity contribution in [2.75, 3.05) is 11.9 Å². The van der Waals surface area contributed by atoms with Gasteiger partial charge < -0.3 is 10.4 Å². The number of thioether (sulfide) groups is 1. The SMILES string of the molecule is Cc1ccc(C(=O)O)c(NC(=O)CN2C(=O)/C(=C/c3cccs3)SC2=S)c1. The van der Waals surface area contributed by atoms with Gasteiger partial charge in [-0.25, -0.2) is 4.79 Å².